The van der Waals surface area contributed by atoms with Crippen molar-refractivity contribution in [3.63, 3.8) is 0 Å². The number of nitrogens with zero attached hydrogens (tertiary/aromatic N) is 1. The van der Waals surface area contributed by atoms with Crippen molar-refractivity contribution in [1.29, 1.82) is 0 Å². The Bertz CT molecular complexity index is 1080. The van der Waals surface area contributed by atoms with Crippen LogP contribution in [0, 0.1) is 17.5 Å². The average Bonchev–Trinajstić information content (AvgIpc) is 3.11. The highest BCUT2D eigenvalue weighted by atomic mass is 35.5. The molecule has 1 amide bonds. The maximum Gasteiger partial charge on any atom is 0.264 e. The van der Waals surface area contributed by atoms with Crippen LogP contribution in [0.25, 0.3) is 0 Å². The van der Waals surface area contributed by atoms with Crippen molar-refractivity contribution in [3.05, 3.63) is 70.0 Å². The molecule has 1 heterocycles. The summed E-state index contributed by atoms with van der Waals surface area (Å²) in [7, 11) is -3.69. The topological polar surface area (TPSA) is 63.7 Å². The van der Waals surface area contributed by atoms with Crippen LogP contribution < -0.4 is 0 Å². The zero-order valence-corrected chi connectivity index (χ0v) is 18.3. The second kappa shape index (κ2) is 9.18. The molecule has 0 bridgehead atoms. The monoisotopic (exact) mass is 475 g/mol. The number of benzene rings is 2. The molecule has 31 heavy (non-hydrogen) atoms. The molecule has 0 spiro atoms. The van der Waals surface area contributed by atoms with Crippen molar-refractivity contribution < 1.29 is 30.6 Å². The Balaban J connectivity index is 1.83. The molecule has 3 rings (SSSR count). The highest BCUT2D eigenvalue weighted by Crippen LogP contribution is 2.39. The van der Waals surface area contributed by atoms with E-state index < -0.39 is 33.0 Å². The quantitative estimate of drug-likeness (QED) is 0.571. The zero-order valence-electron chi connectivity index (χ0n) is 16.7. The minimum Gasteiger partial charge on any atom is -0.341 e. The molecule has 0 N–H and O–H groups in total. The third kappa shape index (κ3) is 5.58. The van der Waals surface area contributed by atoms with Gasteiger partial charge in [-0.05, 0) is 42.7 Å². The maximum atomic E-state index is 14.1. The molecule has 1 saturated heterocycles. The Hall–Kier alpha value is -2.10. The summed E-state index contributed by atoms with van der Waals surface area (Å²) < 4.78 is 69.0. The number of likely N-dealkylation sites (tertiary alicyclic amines) is 1. The van der Waals surface area contributed by atoms with Crippen LogP contribution in [0.3, 0.4) is 0 Å². The van der Waals surface area contributed by atoms with E-state index in [2.05, 4.69) is 0 Å². The van der Waals surface area contributed by atoms with Crippen LogP contribution in [-0.2, 0) is 30.9 Å². The lowest BCUT2D eigenvalue weighted by Gasteiger charge is -2.30. The number of halogens is 4. The molecule has 1 atom stereocenters. The van der Waals surface area contributed by atoms with Crippen LogP contribution in [0.2, 0.25) is 5.02 Å². The molecule has 1 fully saturated rings. The third-order valence-electron chi connectivity index (χ3n) is 5.51. The molecular weight excluding hydrogens is 455 g/mol. The van der Waals surface area contributed by atoms with Crippen molar-refractivity contribution in [2.75, 3.05) is 26.0 Å². The lowest BCUT2D eigenvalue weighted by Crippen LogP contribution is -2.36. The highest BCUT2D eigenvalue weighted by molar-refractivity contribution is 7.85. The predicted molar refractivity (Wildman–Crippen MR) is 110 cm³/mol. The van der Waals surface area contributed by atoms with Gasteiger partial charge in [-0.15, -0.1) is 0 Å². The molecule has 5 nitrogen and oxygen atoms in total. The molecule has 2 aromatic carbocycles. The Morgan fingerprint density at radius 3 is 2.55 bits per heavy atom. The highest BCUT2D eigenvalue weighted by Gasteiger charge is 2.41. The van der Waals surface area contributed by atoms with E-state index in [1.807, 2.05) is 0 Å². The largest absolute Gasteiger partial charge is 0.341 e. The summed E-state index contributed by atoms with van der Waals surface area (Å²) in [6.07, 6.45) is 1.20. The van der Waals surface area contributed by atoms with E-state index in [1.165, 1.54) is 29.2 Å². The molecule has 0 aromatic heterocycles. The number of rotatable bonds is 7. The number of hydrogen-bond donors (Lipinski definition) is 0. The van der Waals surface area contributed by atoms with Crippen molar-refractivity contribution in [2.45, 2.75) is 24.7 Å². The average molecular weight is 476 g/mol. The maximum absolute atomic E-state index is 14.1. The first-order valence-corrected chi connectivity index (χ1v) is 11.7. The summed E-state index contributed by atoms with van der Waals surface area (Å²) in [6, 6.07) is 7.61. The van der Waals surface area contributed by atoms with Crippen LogP contribution in [0.4, 0.5) is 13.2 Å². The Labute approximate surface area is 183 Å². The minimum absolute atomic E-state index is 0.0832. The second-order valence-corrected chi connectivity index (χ2v) is 9.68. The Kier molecular flexibility index (Phi) is 6.98. The van der Waals surface area contributed by atoms with Gasteiger partial charge >= 0.3 is 0 Å². The zero-order chi connectivity index (χ0) is 22.8. The fourth-order valence-electron chi connectivity index (χ4n) is 3.85. The standard InChI is InChI=1S/C21H21ClF3NO4S/c1-31(28,29)30-10-8-21(14-5-6-18(24)19(25)11-14)7-9-26(13-21)20(27)12-15-16(22)3-2-4-17(15)23/h2-6,11H,7-10,12-13H2,1H3. The summed E-state index contributed by atoms with van der Waals surface area (Å²) >= 11 is 6.01. The summed E-state index contributed by atoms with van der Waals surface area (Å²) in [6.45, 7) is 0.220. The van der Waals surface area contributed by atoms with E-state index in [1.54, 1.807) is 0 Å². The van der Waals surface area contributed by atoms with Crippen molar-refractivity contribution >= 4 is 27.6 Å². The first-order chi connectivity index (χ1) is 14.5. The van der Waals surface area contributed by atoms with Crippen LogP contribution in [0.1, 0.15) is 24.0 Å². The molecule has 1 aliphatic rings. The van der Waals surface area contributed by atoms with Gasteiger partial charge in [0.2, 0.25) is 5.91 Å². The van der Waals surface area contributed by atoms with Gasteiger partial charge in [0, 0.05) is 29.1 Å². The van der Waals surface area contributed by atoms with Crippen LogP contribution in [0.15, 0.2) is 36.4 Å². The summed E-state index contributed by atoms with van der Waals surface area (Å²) in [4.78, 5) is 14.3. The van der Waals surface area contributed by atoms with Gasteiger partial charge in [-0.2, -0.15) is 8.42 Å². The third-order valence-corrected chi connectivity index (χ3v) is 6.46. The van der Waals surface area contributed by atoms with Gasteiger partial charge in [-0.3, -0.25) is 8.98 Å². The SMILES string of the molecule is CS(=O)(=O)OCCC1(c2ccc(F)c(F)c2)CCN(C(=O)Cc2c(F)cccc2Cl)C1. The van der Waals surface area contributed by atoms with Crippen molar-refractivity contribution in [3.8, 4) is 0 Å². The van der Waals surface area contributed by atoms with Gasteiger partial charge in [0.05, 0.1) is 19.3 Å². The van der Waals surface area contributed by atoms with Crippen molar-refractivity contribution in [1.82, 2.24) is 4.90 Å². The first-order valence-electron chi connectivity index (χ1n) is 9.51. The van der Waals surface area contributed by atoms with Gasteiger partial charge in [-0.1, -0.05) is 23.7 Å². The Morgan fingerprint density at radius 1 is 1.16 bits per heavy atom. The lowest BCUT2D eigenvalue weighted by atomic mass is 9.77. The molecule has 1 unspecified atom stereocenters. The lowest BCUT2D eigenvalue weighted by molar-refractivity contribution is -0.129. The van der Waals surface area contributed by atoms with Gasteiger partial charge in [-0.25, -0.2) is 13.2 Å². The molecule has 0 aliphatic carbocycles. The van der Waals surface area contributed by atoms with E-state index in [-0.39, 0.29) is 49.0 Å². The number of amides is 1. The van der Waals surface area contributed by atoms with Crippen LogP contribution in [0.5, 0.6) is 0 Å². The van der Waals surface area contributed by atoms with Crippen LogP contribution in [-0.4, -0.2) is 45.2 Å². The Morgan fingerprint density at radius 2 is 1.90 bits per heavy atom. The molecule has 1 aliphatic heterocycles. The first kappa shape index (κ1) is 23.6. The van der Waals surface area contributed by atoms with E-state index >= 15 is 0 Å². The smallest absolute Gasteiger partial charge is 0.264 e. The van der Waals surface area contributed by atoms with Gasteiger partial charge in [0.15, 0.2) is 11.6 Å². The van der Waals surface area contributed by atoms with Crippen LogP contribution >= 0.6 is 11.6 Å². The molecule has 2 aromatic rings. The van der Waals surface area contributed by atoms with Gasteiger partial charge < -0.3 is 4.90 Å². The summed E-state index contributed by atoms with van der Waals surface area (Å²) in [5.74, 6) is -3.01. The number of carbonyl (C=O) groups excluding carboxylic acids is 1. The van der Waals surface area contributed by atoms with E-state index in [4.69, 9.17) is 15.8 Å². The number of carbonyl (C=O) groups is 1. The van der Waals surface area contributed by atoms with E-state index in [0.29, 0.717) is 12.0 Å². The fraction of sp³-hybridized carbons (Fsp3) is 0.381. The predicted octanol–water partition coefficient (Wildman–Crippen LogP) is 3.84. The van der Waals surface area contributed by atoms with Gasteiger partial charge in [0.25, 0.3) is 10.1 Å². The molecule has 168 valence electrons. The fourth-order valence-corrected chi connectivity index (χ4v) is 4.46. The molecule has 0 saturated carbocycles. The van der Waals surface area contributed by atoms with E-state index in [0.717, 1.165) is 18.4 Å². The van der Waals surface area contributed by atoms with Gasteiger partial charge in [0.1, 0.15) is 5.82 Å². The molecular formula is C21H21ClF3NO4S. The molecule has 0 radical (unpaired) electrons. The van der Waals surface area contributed by atoms with E-state index in [9.17, 15) is 26.4 Å². The number of hydrogen-bond acceptors (Lipinski definition) is 4. The summed E-state index contributed by atoms with van der Waals surface area (Å²) in [5, 5.41) is 0.140. The summed E-state index contributed by atoms with van der Waals surface area (Å²) in [5.41, 5.74) is -0.323. The second-order valence-electron chi connectivity index (χ2n) is 7.63. The molecule has 10 heteroatoms. The normalized spacial score (nSPS) is 19.1. The minimum atomic E-state index is -3.69. The van der Waals surface area contributed by atoms with Crippen molar-refractivity contribution in [2.24, 2.45) is 0 Å².